The van der Waals surface area contributed by atoms with Crippen molar-refractivity contribution in [1.82, 2.24) is 14.0 Å². The molecule has 0 radical (unpaired) electrons. The van der Waals surface area contributed by atoms with Crippen molar-refractivity contribution in [3.63, 3.8) is 0 Å². The second-order valence-electron chi connectivity index (χ2n) is 8.54. The van der Waals surface area contributed by atoms with Gasteiger partial charge in [0.2, 0.25) is 6.78 Å². The van der Waals surface area contributed by atoms with E-state index in [1.807, 2.05) is 0 Å². The Bertz CT molecular complexity index is 385. The van der Waals surface area contributed by atoms with Gasteiger partial charge in [-0.2, -0.15) is 0 Å². The monoisotopic (exact) mass is 446 g/mol. The molecule has 0 saturated heterocycles. The molecule has 26 heavy (non-hydrogen) atoms. The molecule has 0 aromatic rings. The molecular weight excluding hydrogens is 405 g/mol. The molecule has 0 aromatic carbocycles. The molecule has 0 saturated carbocycles. The predicted octanol–water partition coefficient (Wildman–Crippen LogP) is 7.99. The van der Waals surface area contributed by atoms with Crippen molar-refractivity contribution in [2.75, 3.05) is 0 Å². The van der Waals surface area contributed by atoms with Crippen molar-refractivity contribution in [3.8, 4) is 0 Å². The summed E-state index contributed by atoms with van der Waals surface area (Å²) in [5.41, 5.74) is 0. The van der Waals surface area contributed by atoms with Crippen LogP contribution in [0, 0.1) is 0 Å². The summed E-state index contributed by atoms with van der Waals surface area (Å²) in [7, 11) is -2.33. The van der Waals surface area contributed by atoms with Crippen LogP contribution >= 0.6 is 36.8 Å². The molecule has 0 bridgehead atoms. The van der Waals surface area contributed by atoms with Crippen LogP contribution in [0.15, 0.2) is 4.52 Å². The highest BCUT2D eigenvalue weighted by Crippen LogP contribution is 2.71. The van der Waals surface area contributed by atoms with Crippen LogP contribution in [0.2, 0.25) is 0 Å². The van der Waals surface area contributed by atoms with Gasteiger partial charge in [-0.05, 0) is 83.1 Å². The molecule has 158 valence electrons. The Hall–Kier alpha value is 1.12. The van der Waals surface area contributed by atoms with E-state index in [0.29, 0.717) is 36.3 Å². The van der Waals surface area contributed by atoms with Crippen LogP contribution < -0.4 is 0 Å². The number of halogens is 2. The first-order valence-corrected chi connectivity index (χ1v) is 14.5. The first kappa shape index (κ1) is 27.1. The second-order valence-corrected chi connectivity index (χ2v) is 14.6. The molecule has 0 fully saturated rings. The summed E-state index contributed by atoms with van der Waals surface area (Å²) in [6.07, 6.45) is 0. The van der Waals surface area contributed by atoms with Crippen molar-refractivity contribution in [2.24, 2.45) is 4.52 Å². The van der Waals surface area contributed by atoms with E-state index in [0.717, 1.165) is 0 Å². The summed E-state index contributed by atoms with van der Waals surface area (Å²) < 4.78 is 13.0. The van der Waals surface area contributed by atoms with Crippen molar-refractivity contribution in [2.45, 2.75) is 119 Å². The molecule has 0 heterocycles. The highest BCUT2D eigenvalue weighted by atomic mass is 35.9. The molecule has 0 atom stereocenters. The van der Waals surface area contributed by atoms with Gasteiger partial charge in [-0.1, -0.05) is 22.5 Å². The average molecular weight is 447 g/mol. The lowest BCUT2D eigenvalue weighted by atomic mass is 10.3. The SMILES string of the molecule is CC(C)N(C(C)C)P(=NP(Cl)Cl)(N(C(C)C)C(C)C)N(C(C)C)C(C)C. The van der Waals surface area contributed by atoms with E-state index in [1.165, 1.54) is 0 Å². The van der Waals surface area contributed by atoms with Gasteiger partial charge in [0.05, 0.1) is 0 Å². The largest absolute Gasteiger partial charge is 0.240 e. The third kappa shape index (κ3) is 6.31. The summed E-state index contributed by atoms with van der Waals surface area (Å²) in [5.74, 6) is 0. The molecule has 0 spiro atoms. The van der Waals surface area contributed by atoms with Gasteiger partial charge in [0.25, 0.3) is 0 Å². The maximum Gasteiger partial charge on any atom is 0.209 e. The molecule has 0 aromatic heterocycles. The summed E-state index contributed by atoms with van der Waals surface area (Å²) in [5, 5.41) is 0. The Morgan fingerprint density at radius 1 is 0.538 bits per heavy atom. The topological polar surface area (TPSA) is 22.1 Å². The Morgan fingerprint density at radius 3 is 0.846 bits per heavy atom. The van der Waals surface area contributed by atoms with Crippen molar-refractivity contribution in [3.05, 3.63) is 0 Å². The van der Waals surface area contributed by atoms with Crippen molar-refractivity contribution >= 4 is 36.8 Å². The Balaban J connectivity index is 7.27. The van der Waals surface area contributed by atoms with Crippen LogP contribution in [-0.4, -0.2) is 50.3 Å². The van der Waals surface area contributed by atoms with Crippen LogP contribution in [-0.2, 0) is 0 Å². The molecule has 0 aliphatic carbocycles. The molecule has 0 aliphatic heterocycles. The molecule has 0 unspecified atom stereocenters. The van der Waals surface area contributed by atoms with E-state index >= 15 is 0 Å². The third-order valence-electron chi connectivity index (χ3n) is 4.29. The lowest BCUT2D eigenvalue weighted by Gasteiger charge is -2.57. The van der Waals surface area contributed by atoms with Crippen molar-refractivity contribution < 1.29 is 0 Å². The maximum absolute atomic E-state index is 6.43. The molecule has 0 aliphatic rings. The van der Waals surface area contributed by atoms with E-state index in [-0.39, 0.29) is 0 Å². The van der Waals surface area contributed by atoms with Gasteiger partial charge in [0.1, 0.15) is 0 Å². The van der Waals surface area contributed by atoms with Crippen LogP contribution in [0.25, 0.3) is 0 Å². The first-order chi connectivity index (χ1) is 11.7. The van der Waals surface area contributed by atoms with Crippen LogP contribution in [0.1, 0.15) is 83.1 Å². The molecule has 0 amide bonds. The van der Waals surface area contributed by atoms with Crippen LogP contribution in [0.4, 0.5) is 0 Å². The minimum absolute atomic E-state index is 0.329. The van der Waals surface area contributed by atoms with Gasteiger partial charge >= 0.3 is 0 Å². The minimum atomic E-state index is -2.33. The Labute approximate surface area is 174 Å². The van der Waals surface area contributed by atoms with E-state index in [2.05, 4.69) is 97.1 Å². The number of hydrogen-bond donors (Lipinski definition) is 0. The van der Waals surface area contributed by atoms with Gasteiger partial charge in [0.15, 0.2) is 7.51 Å². The zero-order chi connectivity index (χ0) is 21.0. The van der Waals surface area contributed by atoms with E-state index in [1.54, 1.807) is 0 Å². The zero-order valence-electron chi connectivity index (χ0n) is 18.9. The second kappa shape index (κ2) is 11.3. The molecule has 0 N–H and O–H groups in total. The number of rotatable bonds is 10. The van der Waals surface area contributed by atoms with Gasteiger partial charge < -0.3 is 0 Å². The molecule has 0 rings (SSSR count). The summed E-state index contributed by atoms with van der Waals surface area (Å²) in [4.78, 5) is 0. The van der Waals surface area contributed by atoms with Crippen LogP contribution in [0.5, 0.6) is 0 Å². The maximum atomic E-state index is 6.43. The minimum Gasteiger partial charge on any atom is -0.240 e. The fourth-order valence-electron chi connectivity index (χ4n) is 4.23. The zero-order valence-corrected chi connectivity index (χ0v) is 22.2. The molecular formula is C18H42Cl2N4P2. The quantitative estimate of drug-likeness (QED) is 0.317. The van der Waals surface area contributed by atoms with Gasteiger partial charge in [-0.3, -0.25) is 0 Å². The van der Waals surface area contributed by atoms with Gasteiger partial charge in [0, 0.05) is 36.3 Å². The van der Waals surface area contributed by atoms with E-state index < -0.39 is 14.3 Å². The highest BCUT2D eigenvalue weighted by molar-refractivity contribution is 8.04. The predicted molar refractivity (Wildman–Crippen MR) is 124 cm³/mol. The number of hydrogen-bond acceptors (Lipinski definition) is 1. The van der Waals surface area contributed by atoms with Gasteiger partial charge in [-0.15, -0.1) is 0 Å². The average Bonchev–Trinajstić information content (AvgIpc) is 2.33. The summed E-state index contributed by atoms with van der Waals surface area (Å²) in [6, 6.07) is 1.97. The molecule has 8 heteroatoms. The number of nitrogens with zero attached hydrogens (tertiary/aromatic N) is 4. The molecule has 4 nitrogen and oxygen atoms in total. The van der Waals surface area contributed by atoms with E-state index in [4.69, 9.17) is 27.0 Å². The Morgan fingerprint density at radius 2 is 0.731 bits per heavy atom. The smallest absolute Gasteiger partial charge is 0.209 e. The summed E-state index contributed by atoms with van der Waals surface area (Å²) >= 11 is 12.9. The van der Waals surface area contributed by atoms with Crippen molar-refractivity contribution in [1.29, 1.82) is 0 Å². The lowest BCUT2D eigenvalue weighted by Crippen LogP contribution is -2.53. The van der Waals surface area contributed by atoms with E-state index in [9.17, 15) is 0 Å². The standard InChI is InChI=1S/C18H42Cl2N4P2/c1-13(2)22(14(3)4)26(21-25(19)20,23(15(5)6)16(7)8)24(17(9)10)18(11)12/h13-18H,1-12H3. The fourth-order valence-corrected chi connectivity index (χ4v) is 12.1. The third-order valence-corrected chi connectivity index (χ3v) is 11.6. The Kier molecular flexibility index (Phi) is 11.8. The van der Waals surface area contributed by atoms with Crippen LogP contribution in [0.3, 0.4) is 0 Å². The first-order valence-electron chi connectivity index (χ1n) is 9.82. The van der Waals surface area contributed by atoms with Gasteiger partial charge in [-0.25, -0.2) is 18.5 Å². The normalized spacial score (nSPS) is 14.2. The summed E-state index contributed by atoms with van der Waals surface area (Å²) in [6.45, 7) is 25.6. The highest BCUT2D eigenvalue weighted by Gasteiger charge is 2.47. The lowest BCUT2D eigenvalue weighted by molar-refractivity contribution is 0.189. The fraction of sp³-hybridized carbons (Fsp3) is 1.00.